The van der Waals surface area contributed by atoms with Gasteiger partial charge >= 0.3 is 0 Å². The molecule has 64 valence electrons. The number of halogens is 1. The van der Waals surface area contributed by atoms with Gasteiger partial charge in [0.05, 0.1) is 0 Å². The third kappa shape index (κ3) is 2.92. The molecule has 0 aliphatic rings. The van der Waals surface area contributed by atoms with Crippen LogP contribution in [0.5, 0.6) is 0 Å². The zero-order valence-corrected chi connectivity index (χ0v) is 8.13. The molecule has 1 rings (SSSR count). The minimum absolute atomic E-state index is 0.514. The van der Waals surface area contributed by atoms with Crippen molar-refractivity contribution in [2.75, 3.05) is 17.6 Å². The largest absolute Gasteiger partial charge is 0.384 e. The predicted octanol–water partition coefficient (Wildman–Crippen LogP) is 1.98. The average molecular weight is 228 g/mol. The van der Waals surface area contributed by atoms with Crippen molar-refractivity contribution in [2.45, 2.75) is 0 Å². The van der Waals surface area contributed by atoms with Gasteiger partial charge in [-0.1, -0.05) is 28.6 Å². The van der Waals surface area contributed by atoms with Crippen molar-refractivity contribution < 1.29 is 0 Å². The van der Waals surface area contributed by atoms with Crippen molar-refractivity contribution in [2.24, 2.45) is 0 Å². The molecule has 0 fully saturated rings. The summed E-state index contributed by atoms with van der Waals surface area (Å²) >= 11 is 3.23. The Kier molecular flexibility index (Phi) is 3.10. The first-order valence-corrected chi connectivity index (χ1v) is 4.27. The van der Waals surface area contributed by atoms with Crippen molar-refractivity contribution in [1.29, 1.82) is 0 Å². The molecule has 0 unspecified atom stereocenters. The summed E-state index contributed by atoms with van der Waals surface area (Å²) < 4.78 is 0.881. The first-order chi connectivity index (χ1) is 5.68. The molecule has 12 heavy (non-hydrogen) atoms. The van der Waals surface area contributed by atoms with Gasteiger partial charge in [-0.05, 0) is 12.1 Å². The topological polar surface area (TPSA) is 50.9 Å². The van der Waals surface area contributed by atoms with Gasteiger partial charge in [0.2, 0.25) is 0 Å². The van der Waals surface area contributed by atoms with Crippen LogP contribution >= 0.6 is 15.9 Å². The smallest absolute Gasteiger partial charge is 0.128 e. The number of anilines is 2. The molecular formula is C8H10BrN3. The molecule has 0 aliphatic carbocycles. The fraction of sp³-hybridized carbons (Fsp3) is 0.125. The van der Waals surface area contributed by atoms with E-state index in [9.17, 15) is 0 Å². The minimum Gasteiger partial charge on any atom is -0.384 e. The van der Waals surface area contributed by atoms with E-state index < -0.39 is 0 Å². The van der Waals surface area contributed by atoms with Gasteiger partial charge in [-0.2, -0.15) is 0 Å². The van der Waals surface area contributed by atoms with Gasteiger partial charge in [-0.3, -0.25) is 0 Å². The Morgan fingerprint density at radius 1 is 1.67 bits per heavy atom. The molecule has 3 nitrogen and oxygen atoms in total. The Hall–Kier alpha value is -1.03. The Bertz CT molecular complexity index is 285. The average Bonchev–Trinajstić information content (AvgIpc) is 2.01. The van der Waals surface area contributed by atoms with Crippen LogP contribution in [0, 0.1) is 0 Å². The summed E-state index contributed by atoms with van der Waals surface area (Å²) in [5.74, 6) is 1.27. The summed E-state index contributed by atoms with van der Waals surface area (Å²) in [6, 6.07) is 5.45. The van der Waals surface area contributed by atoms with E-state index in [1.165, 1.54) is 0 Å². The lowest BCUT2D eigenvalue weighted by Gasteiger charge is -2.03. The highest BCUT2D eigenvalue weighted by Crippen LogP contribution is 2.07. The molecule has 0 radical (unpaired) electrons. The van der Waals surface area contributed by atoms with E-state index in [0.29, 0.717) is 12.4 Å². The molecule has 4 heteroatoms. The first-order valence-electron chi connectivity index (χ1n) is 3.48. The number of nitrogens with two attached hydrogens (primary N) is 1. The summed E-state index contributed by atoms with van der Waals surface area (Å²) in [5, 5.41) is 3.05. The van der Waals surface area contributed by atoms with Gasteiger partial charge in [0.15, 0.2) is 0 Å². The second-order valence-electron chi connectivity index (χ2n) is 2.32. The minimum atomic E-state index is 0.514. The van der Waals surface area contributed by atoms with Crippen LogP contribution in [0.25, 0.3) is 0 Å². The molecule has 1 aromatic rings. The number of nitrogen functional groups attached to an aromatic ring is 1. The molecule has 0 saturated heterocycles. The molecule has 0 bridgehead atoms. The van der Waals surface area contributed by atoms with E-state index in [1.54, 1.807) is 6.07 Å². The number of nitrogens with one attached hydrogen (secondary N) is 1. The van der Waals surface area contributed by atoms with Crippen molar-refractivity contribution in [3.05, 3.63) is 29.3 Å². The lowest BCUT2D eigenvalue weighted by molar-refractivity contribution is 1.23. The summed E-state index contributed by atoms with van der Waals surface area (Å²) in [5.41, 5.74) is 5.48. The predicted molar refractivity (Wildman–Crippen MR) is 55.2 cm³/mol. The van der Waals surface area contributed by atoms with Crippen LogP contribution in [0.2, 0.25) is 0 Å². The summed E-state index contributed by atoms with van der Waals surface area (Å²) in [4.78, 5) is 4.05. The van der Waals surface area contributed by atoms with Crippen LogP contribution in [-0.2, 0) is 0 Å². The molecule has 0 saturated carbocycles. The van der Waals surface area contributed by atoms with Gasteiger partial charge < -0.3 is 11.1 Å². The van der Waals surface area contributed by atoms with Gasteiger partial charge in [0.25, 0.3) is 0 Å². The van der Waals surface area contributed by atoms with Crippen molar-refractivity contribution in [3.8, 4) is 0 Å². The van der Waals surface area contributed by atoms with Crippen molar-refractivity contribution >= 4 is 27.6 Å². The number of aromatic nitrogens is 1. The molecule has 1 aromatic heterocycles. The second kappa shape index (κ2) is 4.11. The highest BCUT2D eigenvalue weighted by atomic mass is 79.9. The molecule has 0 aliphatic heterocycles. The lowest BCUT2D eigenvalue weighted by atomic mass is 10.4. The number of hydrogen-bond acceptors (Lipinski definition) is 3. The molecule has 3 N–H and O–H groups in total. The zero-order chi connectivity index (χ0) is 8.97. The maximum Gasteiger partial charge on any atom is 0.128 e. The highest BCUT2D eigenvalue weighted by molar-refractivity contribution is 9.11. The molecular weight excluding hydrogens is 218 g/mol. The monoisotopic (exact) mass is 227 g/mol. The number of nitrogens with zero attached hydrogens (tertiary/aromatic N) is 1. The second-order valence-corrected chi connectivity index (χ2v) is 3.44. The van der Waals surface area contributed by atoms with Gasteiger partial charge in [0, 0.05) is 11.0 Å². The maximum absolute atomic E-state index is 5.48. The third-order valence-corrected chi connectivity index (χ3v) is 1.51. The van der Waals surface area contributed by atoms with Crippen LogP contribution < -0.4 is 11.1 Å². The standard InChI is InChI=1S/C8H10BrN3/c1-6(9)5-11-8-4-2-3-7(10)12-8/h2-4H,1,5H2,(H3,10,11,12). The van der Waals surface area contributed by atoms with Crippen molar-refractivity contribution in [1.82, 2.24) is 4.98 Å². The number of rotatable bonds is 3. The molecule has 0 amide bonds. The first kappa shape index (κ1) is 9.06. The van der Waals surface area contributed by atoms with Crippen molar-refractivity contribution in [3.63, 3.8) is 0 Å². The highest BCUT2D eigenvalue weighted by Gasteiger charge is 1.93. The summed E-state index contributed by atoms with van der Waals surface area (Å²) in [7, 11) is 0. The Morgan fingerprint density at radius 2 is 2.42 bits per heavy atom. The number of pyridine rings is 1. The molecule has 0 spiro atoms. The van der Waals surface area contributed by atoms with E-state index >= 15 is 0 Å². The zero-order valence-electron chi connectivity index (χ0n) is 6.55. The fourth-order valence-corrected chi connectivity index (χ4v) is 0.877. The van der Waals surface area contributed by atoms with E-state index in [2.05, 4.69) is 32.8 Å². The van der Waals surface area contributed by atoms with Crippen LogP contribution in [0.3, 0.4) is 0 Å². The Labute approximate surface area is 79.8 Å². The fourth-order valence-electron chi connectivity index (χ4n) is 0.736. The SMILES string of the molecule is C=C(Br)CNc1cccc(N)n1. The van der Waals surface area contributed by atoms with Gasteiger partial charge in [0.1, 0.15) is 11.6 Å². The third-order valence-electron chi connectivity index (χ3n) is 1.23. The van der Waals surface area contributed by atoms with Gasteiger partial charge in [-0.15, -0.1) is 0 Å². The normalized spacial score (nSPS) is 9.42. The summed E-state index contributed by atoms with van der Waals surface area (Å²) in [6.07, 6.45) is 0. The maximum atomic E-state index is 5.48. The van der Waals surface area contributed by atoms with Crippen LogP contribution in [0.1, 0.15) is 0 Å². The Balaban J connectivity index is 2.57. The van der Waals surface area contributed by atoms with E-state index in [0.717, 1.165) is 10.3 Å². The molecule has 1 heterocycles. The molecule has 0 atom stereocenters. The number of hydrogen-bond donors (Lipinski definition) is 2. The van der Waals surface area contributed by atoms with Crippen LogP contribution in [0.4, 0.5) is 11.6 Å². The van der Waals surface area contributed by atoms with E-state index in [-0.39, 0.29) is 0 Å². The summed E-state index contributed by atoms with van der Waals surface area (Å²) in [6.45, 7) is 4.34. The quantitative estimate of drug-likeness (QED) is 0.831. The Morgan fingerprint density at radius 3 is 3.00 bits per heavy atom. The van der Waals surface area contributed by atoms with E-state index in [4.69, 9.17) is 5.73 Å². The van der Waals surface area contributed by atoms with Crippen LogP contribution in [-0.4, -0.2) is 11.5 Å². The molecule has 0 aromatic carbocycles. The van der Waals surface area contributed by atoms with E-state index in [1.807, 2.05) is 12.1 Å². The lowest BCUT2D eigenvalue weighted by Crippen LogP contribution is -2.03. The van der Waals surface area contributed by atoms with Crippen LogP contribution in [0.15, 0.2) is 29.3 Å². The van der Waals surface area contributed by atoms with Gasteiger partial charge in [-0.25, -0.2) is 4.98 Å².